The Morgan fingerprint density at radius 1 is 1.15 bits per heavy atom. The van der Waals surface area contributed by atoms with E-state index in [9.17, 15) is 9.59 Å². The molecule has 1 fully saturated rings. The number of rotatable bonds is 6. The monoisotopic (exact) mass is 353 g/mol. The molecule has 1 aliphatic rings. The van der Waals surface area contributed by atoms with E-state index in [2.05, 4.69) is 10.6 Å². The molecule has 0 saturated carbocycles. The first-order chi connectivity index (χ1) is 12.7. The van der Waals surface area contributed by atoms with Gasteiger partial charge in [0.05, 0.1) is 13.2 Å². The number of nitrogens with one attached hydrogen (secondary N) is 2. The van der Waals surface area contributed by atoms with Gasteiger partial charge in [-0.15, -0.1) is 0 Å². The summed E-state index contributed by atoms with van der Waals surface area (Å²) in [5.41, 5.74) is 1.90. The highest BCUT2D eigenvalue weighted by Crippen LogP contribution is 2.21. The molecule has 2 N–H and O–H groups in total. The molecule has 1 aliphatic heterocycles. The van der Waals surface area contributed by atoms with E-state index in [0.29, 0.717) is 25.9 Å². The van der Waals surface area contributed by atoms with Gasteiger partial charge in [0.2, 0.25) is 5.91 Å². The smallest absolute Gasteiger partial charge is 0.315 e. The lowest BCUT2D eigenvalue weighted by atomic mass is 10.1. The molecule has 3 rings (SSSR count). The van der Waals surface area contributed by atoms with Gasteiger partial charge >= 0.3 is 6.03 Å². The molecule has 1 atom stereocenters. The summed E-state index contributed by atoms with van der Waals surface area (Å²) < 4.78 is 5.30. The van der Waals surface area contributed by atoms with Gasteiger partial charge in [-0.3, -0.25) is 4.79 Å². The molecular formula is C20H23N3O3. The zero-order valence-electron chi connectivity index (χ0n) is 14.8. The van der Waals surface area contributed by atoms with Gasteiger partial charge < -0.3 is 20.3 Å². The Morgan fingerprint density at radius 3 is 2.65 bits per heavy atom. The second-order valence-corrected chi connectivity index (χ2v) is 6.20. The third-order valence-electron chi connectivity index (χ3n) is 4.40. The summed E-state index contributed by atoms with van der Waals surface area (Å²) in [7, 11) is 1.63. The molecule has 0 unspecified atom stereocenters. The van der Waals surface area contributed by atoms with Crippen LogP contribution in [-0.4, -0.2) is 38.2 Å². The Kier molecular flexibility index (Phi) is 5.73. The minimum atomic E-state index is -0.257. The molecule has 2 aromatic carbocycles. The standard InChI is InChI=1S/C20H23N3O3/c1-26-18-10-6-5-7-15(18)11-12-21-20(25)22-16-13-19(24)23(14-16)17-8-3-2-4-9-17/h2-10,16H,11-14H2,1H3,(H2,21,22,25)/t16-/m0/s1. The lowest BCUT2D eigenvalue weighted by Gasteiger charge is -2.17. The van der Waals surface area contributed by atoms with Crippen LogP contribution in [0.2, 0.25) is 0 Å². The molecule has 1 heterocycles. The van der Waals surface area contributed by atoms with E-state index in [1.54, 1.807) is 12.0 Å². The zero-order valence-corrected chi connectivity index (χ0v) is 14.8. The number of anilines is 1. The molecule has 2 aromatic rings. The number of ether oxygens (including phenoxy) is 1. The van der Waals surface area contributed by atoms with Gasteiger partial charge in [-0.1, -0.05) is 36.4 Å². The van der Waals surface area contributed by atoms with Crippen LogP contribution in [0, 0.1) is 0 Å². The van der Waals surface area contributed by atoms with Crippen molar-refractivity contribution in [2.75, 3.05) is 25.1 Å². The predicted molar refractivity (Wildman–Crippen MR) is 100 cm³/mol. The Balaban J connectivity index is 1.46. The Bertz CT molecular complexity index is 764. The molecular weight excluding hydrogens is 330 g/mol. The maximum Gasteiger partial charge on any atom is 0.315 e. The number of nitrogens with zero attached hydrogens (tertiary/aromatic N) is 1. The van der Waals surface area contributed by atoms with E-state index >= 15 is 0 Å². The number of methoxy groups -OCH3 is 1. The number of benzene rings is 2. The van der Waals surface area contributed by atoms with Gasteiger partial charge in [0, 0.05) is 25.2 Å². The normalized spacial score (nSPS) is 16.4. The van der Waals surface area contributed by atoms with Crippen molar-refractivity contribution in [1.29, 1.82) is 0 Å². The summed E-state index contributed by atoms with van der Waals surface area (Å²) in [5.74, 6) is 0.838. The van der Waals surface area contributed by atoms with Crippen molar-refractivity contribution in [3.8, 4) is 5.75 Å². The highest BCUT2D eigenvalue weighted by Gasteiger charge is 2.31. The quantitative estimate of drug-likeness (QED) is 0.837. The second-order valence-electron chi connectivity index (χ2n) is 6.20. The fraction of sp³-hybridized carbons (Fsp3) is 0.300. The van der Waals surface area contributed by atoms with Crippen LogP contribution in [-0.2, 0) is 11.2 Å². The minimum absolute atomic E-state index is 0.0236. The molecule has 26 heavy (non-hydrogen) atoms. The van der Waals surface area contributed by atoms with Crippen LogP contribution in [0.15, 0.2) is 54.6 Å². The van der Waals surface area contributed by atoms with E-state index < -0.39 is 0 Å². The van der Waals surface area contributed by atoms with Crippen LogP contribution in [0.25, 0.3) is 0 Å². The average Bonchev–Trinajstić information content (AvgIpc) is 3.03. The largest absolute Gasteiger partial charge is 0.496 e. The number of amides is 3. The minimum Gasteiger partial charge on any atom is -0.496 e. The van der Waals surface area contributed by atoms with Crippen molar-refractivity contribution in [2.45, 2.75) is 18.9 Å². The summed E-state index contributed by atoms with van der Waals surface area (Å²) in [5, 5.41) is 5.72. The summed E-state index contributed by atoms with van der Waals surface area (Å²) in [4.78, 5) is 26.0. The van der Waals surface area contributed by atoms with Crippen LogP contribution in [0.4, 0.5) is 10.5 Å². The lowest BCUT2D eigenvalue weighted by molar-refractivity contribution is -0.117. The van der Waals surface area contributed by atoms with Gasteiger partial charge in [0.1, 0.15) is 5.75 Å². The first kappa shape index (κ1) is 17.8. The summed E-state index contributed by atoms with van der Waals surface area (Å²) in [6.45, 7) is 0.984. The van der Waals surface area contributed by atoms with Crippen molar-refractivity contribution in [1.82, 2.24) is 10.6 Å². The van der Waals surface area contributed by atoms with Gasteiger partial charge in [-0.25, -0.2) is 4.79 Å². The van der Waals surface area contributed by atoms with Crippen molar-refractivity contribution >= 4 is 17.6 Å². The topological polar surface area (TPSA) is 70.7 Å². The van der Waals surface area contributed by atoms with Crippen LogP contribution < -0.4 is 20.3 Å². The van der Waals surface area contributed by atoms with Gasteiger partial charge in [0.15, 0.2) is 0 Å². The van der Waals surface area contributed by atoms with Crippen molar-refractivity contribution in [3.05, 3.63) is 60.2 Å². The van der Waals surface area contributed by atoms with E-state index in [4.69, 9.17) is 4.74 Å². The molecule has 136 valence electrons. The van der Waals surface area contributed by atoms with Crippen LogP contribution in [0.1, 0.15) is 12.0 Å². The van der Waals surface area contributed by atoms with Crippen LogP contribution in [0.5, 0.6) is 5.75 Å². The Morgan fingerprint density at radius 2 is 1.88 bits per heavy atom. The number of carbonyl (C=O) groups excluding carboxylic acids is 2. The SMILES string of the molecule is COc1ccccc1CCNC(=O)N[C@H]1CC(=O)N(c2ccccc2)C1. The van der Waals surface area contributed by atoms with E-state index in [0.717, 1.165) is 17.0 Å². The first-order valence-electron chi connectivity index (χ1n) is 8.69. The van der Waals surface area contributed by atoms with Crippen LogP contribution in [0.3, 0.4) is 0 Å². The summed E-state index contributed by atoms with van der Waals surface area (Å²) >= 11 is 0. The zero-order chi connectivity index (χ0) is 18.4. The molecule has 3 amide bonds. The summed E-state index contributed by atoms with van der Waals surface area (Å²) in [6.07, 6.45) is 0.992. The molecule has 1 saturated heterocycles. The molecule has 0 aliphatic carbocycles. The maximum atomic E-state index is 12.2. The lowest BCUT2D eigenvalue weighted by Crippen LogP contribution is -2.43. The molecule has 0 aromatic heterocycles. The molecule has 0 radical (unpaired) electrons. The third-order valence-corrected chi connectivity index (χ3v) is 4.40. The number of carbonyl (C=O) groups is 2. The molecule has 6 nitrogen and oxygen atoms in total. The van der Waals surface area contributed by atoms with E-state index in [1.165, 1.54) is 0 Å². The molecule has 6 heteroatoms. The highest BCUT2D eigenvalue weighted by atomic mass is 16.5. The second kappa shape index (κ2) is 8.38. The Hall–Kier alpha value is -3.02. The van der Waals surface area contributed by atoms with Crippen molar-refractivity contribution in [3.63, 3.8) is 0 Å². The third kappa shape index (κ3) is 4.33. The molecule has 0 bridgehead atoms. The molecule has 0 spiro atoms. The number of urea groups is 1. The van der Waals surface area contributed by atoms with Crippen molar-refractivity contribution < 1.29 is 14.3 Å². The fourth-order valence-electron chi connectivity index (χ4n) is 3.12. The van der Waals surface area contributed by atoms with Crippen molar-refractivity contribution in [2.24, 2.45) is 0 Å². The van der Waals surface area contributed by atoms with Gasteiger partial charge in [-0.05, 0) is 30.2 Å². The van der Waals surface area contributed by atoms with Gasteiger partial charge in [0.25, 0.3) is 0 Å². The van der Waals surface area contributed by atoms with Gasteiger partial charge in [-0.2, -0.15) is 0 Å². The van der Waals surface area contributed by atoms with E-state index in [1.807, 2.05) is 54.6 Å². The first-order valence-corrected chi connectivity index (χ1v) is 8.69. The number of hydrogen-bond donors (Lipinski definition) is 2. The number of para-hydroxylation sites is 2. The average molecular weight is 353 g/mol. The van der Waals surface area contributed by atoms with E-state index in [-0.39, 0.29) is 18.0 Å². The maximum absolute atomic E-state index is 12.2. The number of hydrogen-bond acceptors (Lipinski definition) is 3. The van der Waals surface area contributed by atoms with Crippen LogP contribution >= 0.6 is 0 Å². The predicted octanol–water partition coefficient (Wildman–Crippen LogP) is 2.34. The summed E-state index contributed by atoms with van der Waals surface area (Å²) in [6, 6.07) is 16.8. The fourth-order valence-corrected chi connectivity index (χ4v) is 3.12. The Labute approximate surface area is 153 Å². The highest BCUT2D eigenvalue weighted by molar-refractivity contribution is 5.96.